The Bertz CT molecular complexity index is 1310. The van der Waals surface area contributed by atoms with E-state index in [0.29, 0.717) is 37.1 Å². The molecule has 164 valence electrons. The molecule has 1 unspecified atom stereocenters. The molecule has 6 rings (SSSR count). The van der Waals surface area contributed by atoms with Gasteiger partial charge in [0, 0.05) is 23.1 Å². The van der Waals surface area contributed by atoms with Crippen molar-refractivity contribution >= 4 is 16.9 Å². The lowest BCUT2D eigenvalue weighted by atomic mass is 9.85. The zero-order valence-corrected chi connectivity index (χ0v) is 17.9. The van der Waals surface area contributed by atoms with Crippen LogP contribution in [-0.2, 0) is 37.8 Å². The quantitative estimate of drug-likeness (QED) is 0.460. The van der Waals surface area contributed by atoms with Crippen molar-refractivity contribution in [1.82, 2.24) is 9.55 Å². The summed E-state index contributed by atoms with van der Waals surface area (Å²) in [6, 6.07) is 11.9. The number of benzene rings is 1. The average Bonchev–Trinajstić information content (AvgIpc) is 3.18. The van der Waals surface area contributed by atoms with Crippen LogP contribution >= 0.6 is 0 Å². The molecule has 2 atom stereocenters. The number of pyridine rings is 2. The summed E-state index contributed by atoms with van der Waals surface area (Å²) in [5.41, 5.74) is 2.92. The minimum atomic E-state index is -1.36. The van der Waals surface area contributed by atoms with E-state index in [1.807, 2.05) is 37.3 Å². The molecule has 2 aromatic heterocycles. The van der Waals surface area contributed by atoms with Gasteiger partial charge in [-0.15, -0.1) is 0 Å². The molecular weight excluding hydrogens is 408 g/mol. The highest BCUT2D eigenvalue weighted by atomic mass is 16.7. The predicted molar refractivity (Wildman–Crippen MR) is 117 cm³/mol. The fourth-order valence-corrected chi connectivity index (χ4v) is 5.14. The molecule has 0 aliphatic carbocycles. The molecule has 3 aliphatic rings. The van der Waals surface area contributed by atoms with E-state index in [1.54, 1.807) is 4.57 Å². The van der Waals surface area contributed by atoms with Crippen molar-refractivity contribution in [2.45, 2.75) is 57.6 Å². The van der Waals surface area contributed by atoms with Gasteiger partial charge in [-0.3, -0.25) is 4.79 Å². The van der Waals surface area contributed by atoms with Crippen molar-refractivity contribution < 1.29 is 19.0 Å². The third-order valence-corrected chi connectivity index (χ3v) is 6.86. The van der Waals surface area contributed by atoms with Crippen LogP contribution in [0.4, 0.5) is 0 Å². The Hall–Kier alpha value is -3.03. The summed E-state index contributed by atoms with van der Waals surface area (Å²) in [5.74, 6) is -0.462. The van der Waals surface area contributed by atoms with Crippen molar-refractivity contribution in [3.8, 4) is 11.4 Å². The molecular formula is C25H24N2O5. The van der Waals surface area contributed by atoms with Crippen LogP contribution in [0.1, 0.15) is 49.3 Å². The molecule has 0 amide bonds. The molecule has 1 aromatic carbocycles. The molecule has 0 spiro atoms. The maximum Gasteiger partial charge on any atom is 0.343 e. The van der Waals surface area contributed by atoms with Crippen LogP contribution in [0.5, 0.6) is 0 Å². The second kappa shape index (κ2) is 7.25. The molecule has 0 bridgehead atoms. The number of aromatic nitrogens is 2. The van der Waals surface area contributed by atoms with E-state index < -0.39 is 17.9 Å². The number of fused-ring (bicyclic) bond motifs is 5. The molecule has 1 fully saturated rings. The van der Waals surface area contributed by atoms with E-state index in [1.165, 1.54) is 0 Å². The summed E-state index contributed by atoms with van der Waals surface area (Å²) in [6.07, 6.45) is 2.52. The van der Waals surface area contributed by atoms with Gasteiger partial charge in [0.15, 0.2) is 11.9 Å². The Morgan fingerprint density at radius 2 is 2.09 bits per heavy atom. The molecule has 0 saturated carbocycles. The Labute approximate surface area is 184 Å². The van der Waals surface area contributed by atoms with Gasteiger partial charge in [-0.05, 0) is 43.9 Å². The third kappa shape index (κ3) is 2.77. The van der Waals surface area contributed by atoms with Gasteiger partial charge >= 0.3 is 5.97 Å². The summed E-state index contributed by atoms with van der Waals surface area (Å²) >= 11 is 0. The SMILES string of the molecule is CC[C@@]1(OC2CCCCO2)C(=O)OCc2c1cc1n(c2=O)Cc2cc3ccccc3nc2-1. The molecule has 0 N–H and O–H groups in total. The number of esters is 1. The van der Waals surface area contributed by atoms with E-state index in [4.69, 9.17) is 19.2 Å². The Morgan fingerprint density at radius 1 is 1.22 bits per heavy atom. The van der Waals surface area contributed by atoms with Crippen LogP contribution in [0, 0.1) is 0 Å². The fraction of sp³-hybridized carbons (Fsp3) is 0.400. The van der Waals surface area contributed by atoms with Crippen molar-refractivity contribution in [1.29, 1.82) is 0 Å². The van der Waals surface area contributed by atoms with Gasteiger partial charge in [0.2, 0.25) is 0 Å². The molecule has 5 heterocycles. The second-order valence-electron chi connectivity index (χ2n) is 8.67. The lowest BCUT2D eigenvalue weighted by molar-refractivity contribution is -0.243. The van der Waals surface area contributed by atoms with Gasteiger partial charge in [-0.2, -0.15) is 0 Å². The maximum absolute atomic E-state index is 13.5. The second-order valence-corrected chi connectivity index (χ2v) is 8.67. The molecule has 3 aromatic rings. The third-order valence-electron chi connectivity index (χ3n) is 6.86. The smallest absolute Gasteiger partial charge is 0.343 e. The summed E-state index contributed by atoms with van der Waals surface area (Å²) in [7, 11) is 0. The highest BCUT2D eigenvalue weighted by Gasteiger charge is 2.49. The van der Waals surface area contributed by atoms with Crippen LogP contribution in [0.2, 0.25) is 0 Å². The summed E-state index contributed by atoms with van der Waals surface area (Å²) in [5, 5.41) is 1.04. The average molecular weight is 432 g/mol. The number of hydrogen-bond donors (Lipinski definition) is 0. The van der Waals surface area contributed by atoms with Crippen LogP contribution in [0.15, 0.2) is 41.2 Å². The maximum atomic E-state index is 13.5. The topological polar surface area (TPSA) is 79.7 Å². The Morgan fingerprint density at radius 3 is 2.91 bits per heavy atom. The lowest BCUT2D eigenvalue weighted by Gasteiger charge is -2.39. The minimum Gasteiger partial charge on any atom is -0.458 e. The van der Waals surface area contributed by atoms with Crippen molar-refractivity contribution in [2.75, 3.05) is 6.61 Å². The largest absolute Gasteiger partial charge is 0.458 e. The normalized spacial score (nSPS) is 24.0. The van der Waals surface area contributed by atoms with E-state index in [9.17, 15) is 9.59 Å². The molecule has 0 radical (unpaired) electrons. The molecule has 32 heavy (non-hydrogen) atoms. The Balaban J connectivity index is 1.53. The van der Waals surface area contributed by atoms with Gasteiger partial charge in [0.05, 0.1) is 29.0 Å². The zero-order chi connectivity index (χ0) is 21.9. The van der Waals surface area contributed by atoms with Gasteiger partial charge < -0.3 is 18.8 Å². The Kier molecular flexibility index (Phi) is 4.45. The van der Waals surface area contributed by atoms with Gasteiger partial charge in [0.25, 0.3) is 5.56 Å². The van der Waals surface area contributed by atoms with Crippen LogP contribution in [0.3, 0.4) is 0 Å². The zero-order valence-electron chi connectivity index (χ0n) is 17.9. The number of nitrogens with zero attached hydrogens (tertiary/aromatic N) is 2. The first-order valence-corrected chi connectivity index (χ1v) is 11.2. The highest BCUT2D eigenvalue weighted by molar-refractivity contribution is 5.86. The van der Waals surface area contributed by atoms with Gasteiger partial charge in [0.1, 0.15) is 6.61 Å². The van der Waals surface area contributed by atoms with E-state index >= 15 is 0 Å². The van der Waals surface area contributed by atoms with E-state index in [-0.39, 0.29) is 12.2 Å². The van der Waals surface area contributed by atoms with E-state index in [0.717, 1.165) is 40.7 Å². The molecule has 1 saturated heterocycles. The van der Waals surface area contributed by atoms with E-state index in [2.05, 4.69) is 6.07 Å². The van der Waals surface area contributed by atoms with Crippen molar-refractivity contribution in [2.24, 2.45) is 0 Å². The number of para-hydroxylation sites is 1. The standard InChI is InChI=1S/C25H24N2O5/c1-2-25(32-21-9-5-6-10-30-21)18-12-20-22-16(11-15-7-3-4-8-19(15)26-22)13-27(20)23(28)17(18)14-31-24(25)29/h3-4,7-8,11-12,21H,2,5-6,9-10,13-14H2,1H3/t21?,25-/m0/s1. The number of carbonyl (C=O) groups is 1. The summed E-state index contributed by atoms with van der Waals surface area (Å²) in [6.45, 7) is 2.89. The molecule has 7 heteroatoms. The number of cyclic esters (lactones) is 1. The number of rotatable bonds is 3. The fourth-order valence-electron chi connectivity index (χ4n) is 5.14. The predicted octanol–water partition coefficient (Wildman–Crippen LogP) is 3.63. The molecule has 3 aliphatic heterocycles. The first kappa shape index (κ1) is 19.6. The molecule has 7 nitrogen and oxygen atoms in total. The first-order valence-electron chi connectivity index (χ1n) is 11.2. The van der Waals surface area contributed by atoms with Crippen LogP contribution < -0.4 is 5.56 Å². The lowest BCUT2D eigenvalue weighted by Crippen LogP contribution is -2.49. The number of ether oxygens (including phenoxy) is 3. The number of hydrogen-bond acceptors (Lipinski definition) is 6. The summed E-state index contributed by atoms with van der Waals surface area (Å²) in [4.78, 5) is 31.5. The minimum absolute atomic E-state index is 0.0460. The summed E-state index contributed by atoms with van der Waals surface area (Å²) < 4.78 is 19.3. The van der Waals surface area contributed by atoms with Gasteiger partial charge in [-0.1, -0.05) is 25.1 Å². The first-order chi connectivity index (χ1) is 15.6. The van der Waals surface area contributed by atoms with Crippen LogP contribution in [-0.4, -0.2) is 28.4 Å². The van der Waals surface area contributed by atoms with Crippen LogP contribution in [0.25, 0.3) is 22.3 Å². The highest BCUT2D eigenvalue weighted by Crippen LogP contribution is 2.42. The van der Waals surface area contributed by atoms with Gasteiger partial charge in [-0.25, -0.2) is 9.78 Å². The monoisotopic (exact) mass is 432 g/mol. The van der Waals surface area contributed by atoms with Crippen molar-refractivity contribution in [3.63, 3.8) is 0 Å². The van der Waals surface area contributed by atoms with Crippen molar-refractivity contribution in [3.05, 3.63) is 63.4 Å². The number of carbonyl (C=O) groups excluding carboxylic acids is 1.